The second-order valence-electron chi connectivity index (χ2n) is 5.13. The predicted octanol–water partition coefficient (Wildman–Crippen LogP) is 2.63. The smallest absolute Gasteiger partial charge is 0.408 e. The molecule has 1 aromatic heterocycles. The van der Waals surface area contributed by atoms with E-state index in [0.717, 1.165) is 16.7 Å². The Kier molecular flexibility index (Phi) is 3.14. The van der Waals surface area contributed by atoms with Crippen LogP contribution in [0.15, 0.2) is 45.6 Å². The lowest BCUT2D eigenvalue weighted by Crippen LogP contribution is -2.13. The number of hydrogen-bond acceptors (Lipinski definition) is 3. The highest BCUT2D eigenvalue weighted by atomic mass is 19.1. The molecule has 4 nitrogen and oxygen atoms in total. The Bertz CT molecular complexity index is 880. The lowest BCUT2D eigenvalue weighted by atomic mass is 9.95. The van der Waals surface area contributed by atoms with Gasteiger partial charge in [0.15, 0.2) is 5.58 Å². The first-order valence-electron chi connectivity index (χ1n) is 6.58. The zero-order valence-corrected chi connectivity index (χ0v) is 11.8. The van der Waals surface area contributed by atoms with E-state index in [4.69, 9.17) is 10.2 Å². The van der Waals surface area contributed by atoms with Gasteiger partial charge in [-0.25, -0.2) is 9.18 Å². The zero-order chi connectivity index (χ0) is 15.1. The molecule has 0 radical (unpaired) electrons. The summed E-state index contributed by atoms with van der Waals surface area (Å²) in [6.07, 6.45) is 0. The number of halogens is 1. The molecule has 21 heavy (non-hydrogen) atoms. The fraction of sp³-hybridized carbons (Fsp3) is 0.188. The molecule has 0 fully saturated rings. The maximum absolute atomic E-state index is 13.2. The number of nitrogens with two attached hydrogens (primary N) is 1. The molecule has 0 bridgehead atoms. The summed E-state index contributed by atoms with van der Waals surface area (Å²) in [7, 11) is 1.65. The monoisotopic (exact) mass is 286 g/mol. The van der Waals surface area contributed by atoms with Gasteiger partial charge in [0, 0.05) is 7.05 Å². The van der Waals surface area contributed by atoms with Gasteiger partial charge in [0.2, 0.25) is 0 Å². The van der Waals surface area contributed by atoms with Crippen molar-refractivity contribution in [1.82, 2.24) is 4.57 Å². The number of fused-ring (bicyclic) bond motifs is 1. The van der Waals surface area contributed by atoms with E-state index in [-0.39, 0.29) is 5.82 Å². The van der Waals surface area contributed by atoms with Crippen LogP contribution in [0.3, 0.4) is 0 Å². The first-order valence-corrected chi connectivity index (χ1v) is 6.58. The van der Waals surface area contributed by atoms with Crippen LogP contribution in [0.4, 0.5) is 4.39 Å². The van der Waals surface area contributed by atoms with Crippen molar-refractivity contribution in [3.8, 4) is 0 Å². The number of benzene rings is 2. The molecule has 0 saturated heterocycles. The van der Waals surface area contributed by atoms with Crippen LogP contribution in [0.5, 0.6) is 0 Å². The van der Waals surface area contributed by atoms with E-state index < -0.39 is 11.8 Å². The molecular formula is C16H15FN2O2. The second-order valence-corrected chi connectivity index (χ2v) is 5.13. The molecular weight excluding hydrogens is 271 g/mol. The largest absolute Gasteiger partial charge is 0.419 e. The molecule has 0 amide bonds. The first-order chi connectivity index (χ1) is 9.97. The zero-order valence-electron chi connectivity index (χ0n) is 11.8. The number of hydrogen-bond donors (Lipinski definition) is 1. The highest BCUT2D eigenvalue weighted by Gasteiger charge is 2.14. The summed E-state index contributed by atoms with van der Waals surface area (Å²) >= 11 is 0. The Labute approximate surface area is 120 Å². The van der Waals surface area contributed by atoms with E-state index in [0.29, 0.717) is 11.1 Å². The molecule has 108 valence electrons. The Morgan fingerprint density at radius 2 is 2.00 bits per heavy atom. The van der Waals surface area contributed by atoms with Crippen LogP contribution >= 0.6 is 0 Å². The van der Waals surface area contributed by atoms with Gasteiger partial charge in [0.1, 0.15) is 5.82 Å². The molecule has 1 unspecified atom stereocenters. The average molecular weight is 286 g/mol. The summed E-state index contributed by atoms with van der Waals surface area (Å²) in [4.78, 5) is 11.5. The van der Waals surface area contributed by atoms with E-state index in [1.165, 1.54) is 16.7 Å². The Balaban J connectivity index is 2.09. The van der Waals surface area contributed by atoms with Crippen LogP contribution < -0.4 is 11.5 Å². The minimum atomic E-state index is -0.409. The first kappa shape index (κ1) is 13.6. The SMILES string of the molecule is Cc1cc(F)ccc1C(N)c1ccc2c(c1)oc(=O)n2C. The molecule has 0 saturated carbocycles. The average Bonchev–Trinajstić information content (AvgIpc) is 2.73. The van der Waals surface area contributed by atoms with Crippen molar-refractivity contribution in [2.75, 3.05) is 0 Å². The van der Waals surface area contributed by atoms with Crippen LogP contribution in [-0.4, -0.2) is 4.57 Å². The van der Waals surface area contributed by atoms with Gasteiger partial charge in [-0.05, 0) is 47.9 Å². The molecule has 3 aromatic rings. The Hall–Kier alpha value is -2.40. The second kappa shape index (κ2) is 4.86. The van der Waals surface area contributed by atoms with Crippen molar-refractivity contribution in [1.29, 1.82) is 0 Å². The number of rotatable bonds is 2. The fourth-order valence-electron chi connectivity index (χ4n) is 2.51. The minimum Gasteiger partial charge on any atom is -0.408 e. The van der Waals surface area contributed by atoms with Gasteiger partial charge >= 0.3 is 5.76 Å². The van der Waals surface area contributed by atoms with Crippen molar-refractivity contribution in [3.63, 3.8) is 0 Å². The Morgan fingerprint density at radius 1 is 1.24 bits per heavy atom. The van der Waals surface area contributed by atoms with Crippen LogP contribution in [0.25, 0.3) is 11.1 Å². The fourth-order valence-corrected chi connectivity index (χ4v) is 2.51. The minimum absolute atomic E-state index is 0.284. The van der Waals surface area contributed by atoms with Crippen LogP contribution in [0.2, 0.25) is 0 Å². The summed E-state index contributed by atoms with van der Waals surface area (Å²) in [5.41, 5.74) is 9.91. The third-order valence-corrected chi connectivity index (χ3v) is 3.74. The van der Waals surface area contributed by atoms with Gasteiger partial charge in [-0.2, -0.15) is 0 Å². The van der Waals surface area contributed by atoms with Crippen molar-refractivity contribution < 1.29 is 8.81 Å². The maximum Gasteiger partial charge on any atom is 0.419 e. The van der Waals surface area contributed by atoms with Crippen molar-refractivity contribution in [2.24, 2.45) is 12.8 Å². The van der Waals surface area contributed by atoms with Crippen molar-refractivity contribution in [2.45, 2.75) is 13.0 Å². The molecule has 0 spiro atoms. The van der Waals surface area contributed by atoms with Gasteiger partial charge < -0.3 is 10.2 Å². The molecule has 0 aliphatic carbocycles. The summed E-state index contributed by atoms with van der Waals surface area (Å²) in [6, 6.07) is 9.53. The van der Waals surface area contributed by atoms with Gasteiger partial charge in [-0.3, -0.25) is 4.57 Å². The van der Waals surface area contributed by atoms with Gasteiger partial charge in [-0.1, -0.05) is 12.1 Å². The van der Waals surface area contributed by atoms with Crippen LogP contribution in [0, 0.1) is 12.7 Å². The molecule has 0 aliphatic heterocycles. The highest BCUT2D eigenvalue weighted by Crippen LogP contribution is 2.25. The van der Waals surface area contributed by atoms with E-state index in [1.807, 2.05) is 13.0 Å². The predicted molar refractivity (Wildman–Crippen MR) is 78.6 cm³/mol. The third-order valence-electron chi connectivity index (χ3n) is 3.74. The topological polar surface area (TPSA) is 61.2 Å². The van der Waals surface area contributed by atoms with Gasteiger partial charge in [-0.15, -0.1) is 0 Å². The molecule has 3 rings (SSSR count). The van der Waals surface area contributed by atoms with Crippen molar-refractivity contribution >= 4 is 11.1 Å². The molecule has 2 aromatic carbocycles. The van der Waals surface area contributed by atoms with Gasteiger partial charge in [0.25, 0.3) is 0 Å². The number of oxazole rings is 1. The quantitative estimate of drug-likeness (QED) is 0.787. The number of nitrogens with zero attached hydrogens (tertiary/aromatic N) is 1. The van der Waals surface area contributed by atoms with E-state index in [2.05, 4.69) is 0 Å². The van der Waals surface area contributed by atoms with Crippen LogP contribution in [0.1, 0.15) is 22.7 Å². The lowest BCUT2D eigenvalue weighted by molar-refractivity contribution is 0.527. The maximum atomic E-state index is 13.2. The standard InChI is InChI=1S/C16H15FN2O2/c1-9-7-11(17)4-5-12(9)15(18)10-3-6-13-14(8-10)21-16(20)19(13)2/h3-8,15H,18H2,1-2H3. The molecule has 0 aliphatic rings. The highest BCUT2D eigenvalue weighted by molar-refractivity contribution is 5.74. The molecule has 1 atom stereocenters. The van der Waals surface area contributed by atoms with Gasteiger partial charge in [0.05, 0.1) is 11.6 Å². The van der Waals surface area contributed by atoms with Crippen molar-refractivity contribution in [3.05, 3.63) is 69.5 Å². The number of aryl methyl sites for hydroxylation is 2. The summed E-state index contributed by atoms with van der Waals surface area (Å²) in [6.45, 7) is 1.82. The lowest BCUT2D eigenvalue weighted by Gasteiger charge is -2.15. The molecule has 5 heteroatoms. The van der Waals surface area contributed by atoms with E-state index in [9.17, 15) is 9.18 Å². The van der Waals surface area contributed by atoms with E-state index in [1.54, 1.807) is 25.2 Å². The van der Waals surface area contributed by atoms with E-state index >= 15 is 0 Å². The normalized spacial score (nSPS) is 12.8. The summed E-state index contributed by atoms with van der Waals surface area (Å²) in [5, 5.41) is 0. The molecule has 1 heterocycles. The number of aromatic nitrogens is 1. The molecule has 2 N–H and O–H groups in total. The van der Waals surface area contributed by atoms with Crippen LogP contribution in [-0.2, 0) is 7.05 Å². The third kappa shape index (κ3) is 2.25. The Morgan fingerprint density at radius 3 is 2.71 bits per heavy atom. The summed E-state index contributed by atoms with van der Waals surface area (Å²) < 4.78 is 19.8. The summed E-state index contributed by atoms with van der Waals surface area (Å²) in [5.74, 6) is -0.693.